The number of hydrogen-bond acceptors (Lipinski definition) is 4. The lowest BCUT2D eigenvalue weighted by atomic mass is 10.0. The summed E-state index contributed by atoms with van der Waals surface area (Å²) in [6.45, 7) is 0.272. The molecule has 5 rings (SSSR count). The van der Waals surface area contributed by atoms with E-state index in [9.17, 15) is 13.6 Å². The van der Waals surface area contributed by atoms with Gasteiger partial charge in [-0.05, 0) is 42.0 Å². The number of amides is 1. The summed E-state index contributed by atoms with van der Waals surface area (Å²) in [6, 6.07) is 15.9. The van der Waals surface area contributed by atoms with Crippen molar-refractivity contribution in [3.05, 3.63) is 89.0 Å². The number of anilines is 1. The summed E-state index contributed by atoms with van der Waals surface area (Å²) >= 11 is 0. The van der Waals surface area contributed by atoms with Crippen molar-refractivity contribution in [2.24, 2.45) is 0 Å². The third kappa shape index (κ3) is 2.95. The van der Waals surface area contributed by atoms with Crippen LogP contribution in [0.25, 0.3) is 0 Å². The van der Waals surface area contributed by atoms with E-state index in [4.69, 9.17) is 9.47 Å². The summed E-state index contributed by atoms with van der Waals surface area (Å²) < 4.78 is 39.9. The lowest BCUT2D eigenvalue weighted by Gasteiger charge is -2.38. The van der Waals surface area contributed by atoms with Gasteiger partial charge in [0.15, 0.2) is 11.5 Å². The van der Waals surface area contributed by atoms with Gasteiger partial charge in [0.05, 0.1) is 11.1 Å². The second kappa shape index (κ2) is 6.77. The Morgan fingerprint density at radius 1 is 0.966 bits per heavy atom. The van der Waals surface area contributed by atoms with E-state index in [0.29, 0.717) is 22.7 Å². The molecule has 0 saturated heterocycles. The lowest BCUT2D eigenvalue weighted by Crippen LogP contribution is -2.43. The predicted molar refractivity (Wildman–Crippen MR) is 102 cm³/mol. The molecule has 0 aromatic heterocycles. The van der Waals surface area contributed by atoms with Crippen LogP contribution >= 0.6 is 0 Å². The van der Waals surface area contributed by atoms with Crippen LogP contribution in [0.2, 0.25) is 0 Å². The SMILES string of the molecule is O=C1c2ccccc2N[C@H](c2c(F)cccc2F)N1Cc1ccc2c(c1)OCO2. The Morgan fingerprint density at radius 3 is 2.55 bits per heavy atom. The summed E-state index contributed by atoms with van der Waals surface area (Å²) in [6.07, 6.45) is -0.996. The van der Waals surface area contributed by atoms with Crippen LogP contribution in [0.15, 0.2) is 60.7 Å². The van der Waals surface area contributed by atoms with Crippen molar-refractivity contribution >= 4 is 11.6 Å². The smallest absolute Gasteiger partial charge is 0.258 e. The minimum atomic E-state index is -0.996. The maximum atomic E-state index is 14.6. The third-order valence-electron chi connectivity index (χ3n) is 5.09. The van der Waals surface area contributed by atoms with Crippen LogP contribution in [0.3, 0.4) is 0 Å². The number of fused-ring (bicyclic) bond motifs is 2. The Hall–Kier alpha value is -3.61. The minimum Gasteiger partial charge on any atom is -0.454 e. The molecule has 29 heavy (non-hydrogen) atoms. The van der Waals surface area contributed by atoms with E-state index in [1.807, 2.05) is 0 Å². The Kier molecular flexibility index (Phi) is 4.08. The van der Waals surface area contributed by atoms with Gasteiger partial charge >= 0.3 is 0 Å². The van der Waals surface area contributed by atoms with Gasteiger partial charge in [-0.15, -0.1) is 0 Å². The van der Waals surface area contributed by atoms with Crippen molar-refractivity contribution in [2.75, 3.05) is 12.1 Å². The van der Waals surface area contributed by atoms with E-state index in [-0.39, 0.29) is 24.8 Å². The van der Waals surface area contributed by atoms with E-state index >= 15 is 0 Å². The molecule has 1 atom stereocenters. The van der Waals surface area contributed by atoms with Gasteiger partial charge in [-0.2, -0.15) is 0 Å². The number of nitrogens with one attached hydrogen (secondary N) is 1. The maximum Gasteiger partial charge on any atom is 0.258 e. The van der Waals surface area contributed by atoms with Gasteiger partial charge in [0.25, 0.3) is 5.91 Å². The third-order valence-corrected chi connectivity index (χ3v) is 5.09. The first kappa shape index (κ1) is 17.5. The van der Waals surface area contributed by atoms with E-state index in [1.165, 1.54) is 23.1 Å². The molecule has 0 fully saturated rings. The Morgan fingerprint density at radius 2 is 1.72 bits per heavy atom. The normalized spacial score (nSPS) is 17.1. The van der Waals surface area contributed by atoms with Crippen LogP contribution in [-0.2, 0) is 6.54 Å². The molecule has 1 N–H and O–H groups in total. The van der Waals surface area contributed by atoms with Gasteiger partial charge in [0.2, 0.25) is 6.79 Å². The van der Waals surface area contributed by atoms with E-state index in [1.54, 1.807) is 42.5 Å². The molecule has 5 nitrogen and oxygen atoms in total. The largest absolute Gasteiger partial charge is 0.454 e. The average Bonchev–Trinajstić information content (AvgIpc) is 3.18. The van der Waals surface area contributed by atoms with Gasteiger partial charge in [-0.1, -0.05) is 24.3 Å². The van der Waals surface area contributed by atoms with Crippen LogP contribution < -0.4 is 14.8 Å². The predicted octanol–water partition coefficient (Wildman–Crippen LogP) is 4.46. The van der Waals surface area contributed by atoms with Crippen molar-refractivity contribution in [3.8, 4) is 11.5 Å². The Balaban J connectivity index is 1.58. The molecule has 146 valence electrons. The number of nitrogens with zero attached hydrogens (tertiary/aromatic N) is 1. The van der Waals surface area contributed by atoms with Crippen molar-refractivity contribution in [2.45, 2.75) is 12.7 Å². The fraction of sp³-hybridized carbons (Fsp3) is 0.136. The topological polar surface area (TPSA) is 50.8 Å². The number of benzene rings is 3. The lowest BCUT2D eigenvalue weighted by molar-refractivity contribution is 0.0660. The second-order valence-electron chi connectivity index (χ2n) is 6.85. The first-order chi connectivity index (χ1) is 14.1. The van der Waals surface area contributed by atoms with E-state index in [0.717, 1.165) is 5.56 Å². The summed E-state index contributed by atoms with van der Waals surface area (Å²) in [4.78, 5) is 14.7. The highest BCUT2D eigenvalue weighted by molar-refractivity contribution is 6.01. The zero-order chi connectivity index (χ0) is 20.0. The number of rotatable bonds is 3. The van der Waals surface area contributed by atoms with Gasteiger partial charge in [0, 0.05) is 12.2 Å². The molecule has 2 heterocycles. The number of carbonyl (C=O) groups excluding carboxylic acids is 1. The molecule has 0 unspecified atom stereocenters. The van der Waals surface area contributed by atoms with Crippen LogP contribution in [0.5, 0.6) is 11.5 Å². The minimum absolute atomic E-state index is 0.134. The number of carbonyl (C=O) groups is 1. The van der Waals surface area contributed by atoms with Gasteiger partial charge < -0.3 is 19.7 Å². The zero-order valence-electron chi connectivity index (χ0n) is 15.2. The molecule has 0 spiro atoms. The summed E-state index contributed by atoms with van der Waals surface area (Å²) in [7, 11) is 0. The van der Waals surface area contributed by atoms with Crippen molar-refractivity contribution in [1.29, 1.82) is 0 Å². The monoisotopic (exact) mass is 394 g/mol. The van der Waals surface area contributed by atoms with E-state index in [2.05, 4.69) is 5.32 Å². The molecule has 3 aromatic rings. The fourth-order valence-corrected chi connectivity index (χ4v) is 3.69. The highest BCUT2D eigenvalue weighted by atomic mass is 19.1. The first-order valence-electron chi connectivity index (χ1n) is 9.11. The highest BCUT2D eigenvalue weighted by Crippen LogP contribution is 2.38. The first-order valence-corrected chi connectivity index (χ1v) is 9.11. The molecule has 0 radical (unpaired) electrons. The fourth-order valence-electron chi connectivity index (χ4n) is 3.69. The molecule has 1 amide bonds. The van der Waals surface area contributed by atoms with Crippen LogP contribution in [0.4, 0.5) is 14.5 Å². The molecule has 0 saturated carbocycles. The average molecular weight is 394 g/mol. The quantitative estimate of drug-likeness (QED) is 0.713. The second-order valence-corrected chi connectivity index (χ2v) is 6.85. The maximum absolute atomic E-state index is 14.6. The molecule has 2 aliphatic rings. The van der Waals surface area contributed by atoms with Gasteiger partial charge in [-0.3, -0.25) is 4.79 Å². The van der Waals surface area contributed by atoms with E-state index < -0.39 is 17.8 Å². The van der Waals surface area contributed by atoms with Gasteiger partial charge in [0.1, 0.15) is 17.8 Å². The Labute approximate surface area is 165 Å². The summed E-state index contributed by atoms with van der Waals surface area (Å²) in [5.41, 5.74) is 1.54. The highest BCUT2D eigenvalue weighted by Gasteiger charge is 2.36. The number of ether oxygens (including phenoxy) is 2. The van der Waals surface area contributed by atoms with Crippen LogP contribution in [-0.4, -0.2) is 17.6 Å². The number of halogens is 2. The molecular weight excluding hydrogens is 378 g/mol. The molecule has 3 aromatic carbocycles. The molecule has 2 aliphatic heterocycles. The van der Waals surface area contributed by atoms with Gasteiger partial charge in [-0.25, -0.2) is 8.78 Å². The zero-order valence-corrected chi connectivity index (χ0v) is 15.2. The van der Waals surface area contributed by atoms with Crippen molar-refractivity contribution in [3.63, 3.8) is 0 Å². The molecule has 0 bridgehead atoms. The van der Waals surface area contributed by atoms with Crippen molar-refractivity contribution < 1.29 is 23.0 Å². The summed E-state index contributed by atoms with van der Waals surface area (Å²) in [5, 5.41) is 3.12. The van der Waals surface area contributed by atoms with Crippen LogP contribution in [0.1, 0.15) is 27.7 Å². The number of para-hydroxylation sites is 1. The molecular formula is C22H16F2N2O3. The molecule has 0 aliphatic carbocycles. The van der Waals surface area contributed by atoms with Crippen molar-refractivity contribution in [1.82, 2.24) is 4.90 Å². The standard InChI is InChI=1S/C22H16F2N2O3/c23-15-5-3-6-16(24)20(15)21-25-17-7-2-1-4-14(17)22(27)26(21)11-13-8-9-18-19(10-13)29-12-28-18/h1-10,21,25H,11-12H2/t21-/m0/s1. The molecule has 7 heteroatoms. The summed E-state index contributed by atoms with van der Waals surface area (Å²) in [5.74, 6) is -0.548. The Bertz CT molecular complexity index is 1100. The number of hydrogen-bond donors (Lipinski definition) is 1. The van der Waals surface area contributed by atoms with Crippen LogP contribution in [0, 0.1) is 11.6 Å².